The third-order valence-corrected chi connectivity index (χ3v) is 2.74. The van der Waals surface area contributed by atoms with Crippen molar-refractivity contribution >= 4 is 30.0 Å². The molecule has 0 atom stereocenters. The van der Waals surface area contributed by atoms with Crippen LogP contribution in [0.2, 0.25) is 0 Å². The fraction of sp³-hybridized carbons (Fsp3) is 0. The minimum atomic E-state index is -3.67. The first-order valence-electron chi connectivity index (χ1n) is 3.35. The standard InChI is InChI=1S/C6H5IO3.H4N2O2S/c8-6-3-1-5(2-4-6)7(9)10;1-5(2,3)4/h1-4,8H;(H4,1,2,3,4). The summed E-state index contributed by atoms with van der Waals surface area (Å²) in [5, 5.41) is 17.0. The van der Waals surface area contributed by atoms with Crippen molar-refractivity contribution in [2.75, 3.05) is 0 Å². The van der Waals surface area contributed by atoms with Crippen molar-refractivity contribution in [2.24, 2.45) is 10.3 Å². The molecule has 0 spiro atoms. The number of nitrogens with two attached hydrogens (primary N) is 2. The second-order valence-electron chi connectivity index (χ2n) is 2.28. The van der Waals surface area contributed by atoms with Crippen LogP contribution in [-0.4, -0.2) is 13.5 Å². The van der Waals surface area contributed by atoms with Crippen LogP contribution < -0.4 is 10.3 Å². The van der Waals surface area contributed by atoms with Crippen LogP contribution in [0.25, 0.3) is 0 Å². The first-order chi connectivity index (χ1) is 6.70. The minimum absolute atomic E-state index is 0.0847. The van der Waals surface area contributed by atoms with E-state index in [2.05, 4.69) is 10.3 Å². The molecule has 0 bridgehead atoms. The van der Waals surface area contributed by atoms with Gasteiger partial charge in [0.15, 0.2) is 0 Å². The molecule has 0 radical (unpaired) electrons. The van der Waals surface area contributed by atoms with Crippen molar-refractivity contribution in [3.8, 4) is 5.75 Å². The van der Waals surface area contributed by atoms with Gasteiger partial charge in [0.25, 0.3) is 10.2 Å². The van der Waals surface area contributed by atoms with Crippen LogP contribution in [0.4, 0.5) is 0 Å². The monoisotopic (exact) mass is 348 g/mol. The Hall–Kier alpha value is -0.780. The van der Waals surface area contributed by atoms with Gasteiger partial charge in [-0.1, -0.05) is 0 Å². The van der Waals surface area contributed by atoms with E-state index in [1.54, 1.807) is 0 Å². The van der Waals surface area contributed by atoms with Crippen LogP contribution in [0.15, 0.2) is 24.3 Å². The molecule has 0 saturated carbocycles. The van der Waals surface area contributed by atoms with Gasteiger partial charge in [0.1, 0.15) is 5.75 Å². The number of hydrogen-bond donors (Lipinski definition) is 3. The summed E-state index contributed by atoms with van der Waals surface area (Å²) in [6, 6.07) is 5.49. The average molecular weight is 348 g/mol. The van der Waals surface area contributed by atoms with E-state index in [0.29, 0.717) is 3.57 Å². The van der Waals surface area contributed by atoms with Crippen molar-refractivity contribution in [3.63, 3.8) is 0 Å². The highest BCUT2D eigenvalue weighted by Crippen LogP contribution is 2.19. The molecule has 1 rings (SSSR count). The smallest absolute Gasteiger partial charge is 0.340 e. The predicted octanol–water partition coefficient (Wildman–Crippen LogP) is -0.0922. The first-order valence-corrected chi connectivity index (χ1v) is 7.80. The highest BCUT2D eigenvalue weighted by molar-refractivity contribution is 14.2. The van der Waals surface area contributed by atoms with E-state index in [0.717, 1.165) is 0 Å². The zero-order chi connectivity index (χ0) is 12.1. The van der Waals surface area contributed by atoms with Crippen LogP contribution in [-0.2, 0) is 16.3 Å². The lowest BCUT2D eigenvalue weighted by atomic mass is 10.3. The van der Waals surface area contributed by atoms with E-state index in [1.165, 1.54) is 24.3 Å². The fourth-order valence-electron chi connectivity index (χ4n) is 0.544. The molecule has 0 heterocycles. The maximum Gasteiger partial charge on any atom is 0.340 e. The van der Waals surface area contributed by atoms with Crippen LogP contribution in [0.1, 0.15) is 0 Å². The highest BCUT2D eigenvalue weighted by Gasteiger charge is 1.95. The van der Waals surface area contributed by atoms with E-state index in [1.807, 2.05) is 0 Å². The lowest BCUT2D eigenvalue weighted by Gasteiger charge is -1.87. The van der Waals surface area contributed by atoms with Crippen molar-refractivity contribution in [2.45, 2.75) is 0 Å². The molecule has 0 saturated heterocycles. The molecule has 15 heavy (non-hydrogen) atoms. The van der Waals surface area contributed by atoms with E-state index in [-0.39, 0.29) is 5.75 Å². The third kappa shape index (κ3) is 9.52. The highest BCUT2D eigenvalue weighted by atomic mass is 127. The van der Waals surface area contributed by atoms with Crippen LogP contribution in [0, 0.1) is 3.57 Å². The second-order valence-corrected chi connectivity index (χ2v) is 5.95. The van der Waals surface area contributed by atoms with Gasteiger partial charge in [0.05, 0.1) is 3.57 Å². The van der Waals surface area contributed by atoms with Gasteiger partial charge in [-0.25, -0.2) is 16.4 Å². The molecule has 0 aromatic heterocycles. The van der Waals surface area contributed by atoms with Crippen LogP contribution in [0.3, 0.4) is 0 Å². The summed E-state index contributed by atoms with van der Waals surface area (Å²) in [5.74, 6) is 0.0847. The van der Waals surface area contributed by atoms with Gasteiger partial charge >= 0.3 is 19.8 Å². The Balaban J connectivity index is 0.000000336. The van der Waals surface area contributed by atoms with Crippen molar-refractivity contribution < 1.29 is 19.7 Å². The number of halogens is 1. The number of aromatic hydroxyl groups is 1. The van der Waals surface area contributed by atoms with Gasteiger partial charge < -0.3 is 5.11 Å². The van der Waals surface area contributed by atoms with Gasteiger partial charge in [0, 0.05) is 0 Å². The molecular formula is C6H9IN2O5S. The molecule has 0 aliphatic carbocycles. The summed E-state index contributed by atoms with van der Waals surface area (Å²) in [4.78, 5) is 0. The molecule has 0 aliphatic heterocycles. The fourth-order valence-corrected chi connectivity index (χ4v) is 1.49. The van der Waals surface area contributed by atoms with Gasteiger partial charge in [-0.2, -0.15) is 8.42 Å². The molecule has 1 aromatic carbocycles. The molecule has 86 valence electrons. The third-order valence-electron chi connectivity index (χ3n) is 1.00. The largest absolute Gasteiger partial charge is 0.508 e. The summed E-state index contributed by atoms with van der Waals surface area (Å²) in [6.45, 7) is 0. The number of hydrogen-bond acceptors (Lipinski definition) is 5. The first kappa shape index (κ1) is 14.2. The zero-order valence-electron chi connectivity index (χ0n) is 7.33. The quantitative estimate of drug-likeness (QED) is 0.608. The van der Waals surface area contributed by atoms with Gasteiger partial charge in [-0.05, 0) is 24.3 Å². The number of rotatable bonds is 1. The Bertz CT molecular complexity index is 463. The molecular weight excluding hydrogens is 339 g/mol. The number of phenolic OH excluding ortho intramolecular Hbond substituents is 1. The lowest BCUT2D eigenvalue weighted by molar-refractivity contribution is 0.475. The van der Waals surface area contributed by atoms with Crippen molar-refractivity contribution in [3.05, 3.63) is 27.8 Å². The summed E-state index contributed by atoms with van der Waals surface area (Å²) < 4.78 is 39.4. The molecule has 0 fully saturated rings. The summed E-state index contributed by atoms with van der Waals surface area (Å²) in [6.07, 6.45) is 0. The Kier molecular flexibility index (Phi) is 5.64. The summed E-state index contributed by atoms with van der Waals surface area (Å²) >= 11 is -3.31. The van der Waals surface area contributed by atoms with E-state index in [4.69, 9.17) is 5.11 Å². The molecule has 1 aromatic rings. The molecule has 0 aliphatic rings. The molecule has 7 nitrogen and oxygen atoms in total. The number of benzene rings is 1. The van der Waals surface area contributed by atoms with E-state index in [9.17, 15) is 14.6 Å². The maximum atomic E-state index is 10.4. The van der Waals surface area contributed by atoms with Gasteiger partial charge in [-0.3, -0.25) is 0 Å². The Labute approximate surface area is 93.4 Å². The lowest BCUT2D eigenvalue weighted by Crippen LogP contribution is -2.21. The zero-order valence-corrected chi connectivity index (χ0v) is 10.3. The van der Waals surface area contributed by atoms with Crippen molar-refractivity contribution in [1.29, 1.82) is 0 Å². The Morgan fingerprint density at radius 3 is 1.67 bits per heavy atom. The molecule has 0 unspecified atom stereocenters. The normalized spacial score (nSPS) is 10.6. The topological polar surface area (TPSA) is 141 Å². The van der Waals surface area contributed by atoms with Crippen LogP contribution >= 0.6 is 19.8 Å². The van der Waals surface area contributed by atoms with E-state index < -0.39 is 30.0 Å². The molecule has 5 N–H and O–H groups in total. The predicted molar refractivity (Wildman–Crippen MR) is 59.5 cm³/mol. The van der Waals surface area contributed by atoms with Crippen LogP contribution in [0.5, 0.6) is 5.75 Å². The van der Waals surface area contributed by atoms with E-state index >= 15 is 0 Å². The van der Waals surface area contributed by atoms with Gasteiger partial charge in [-0.15, -0.1) is 0 Å². The minimum Gasteiger partial charge on any atom is -0.508 e. The second kappa shape index (κ2) is 5.95. The van der Waals surface area contributed by atoms with Gasteiger partial charge in [0.2, 0.25) is 0 Å². The molecule has 0 amide bonds. The van der Waals surface area contributed by atoms with Crippen molar-refractivity contribution in [1.82, 2.24) is 0 Å². The summed E-state index contributed by atoms with van der Waals surface area (Å²) in [7, 11) is -3.67. The molecule has 9 heteroatoms. The summed E-state index contributed by atoms with van der Waals surface area (Å²) in [5.41, 5.74) is 0. The average Bonchev–Trinajstić information content (AvgIpc) is 2.01. The Morgan fingerprint density at radius 2 is 1.40 bits per heavy atom. The number of phenols is 1. The maximum absolute atomic E-state index is 10.4. The Morgan fingerprint density at radius 1 is 1.07 bits per heavy atom. The SMILES string of the molecule is NS(N)(=O)=O.O=I(=O)c1ccc(O)cc1.